The maximum atomic E-state index is 13.3. The monoisotopic (exact) mass is 366 g/mol. The zero-order valence-electron chi connectivity index (χ0n) is 13.4. The molecule has 0 spiro atoms. The van der Waals surface area contributed by atoms with Gasteiger partial charge in [0, 0.05) is 16.7 Å². The molecule has 0 saturated heterocycles. The minimum absolute atomic E-state index is 0.231. The summed E-state index contributed by atoms with van der Waals surface area (Å²) in [4.78, 5) is 18.9. The highest BCUT2D eigenvalue weighted by molar-refractivity contribution is 6.34. The molecule has 6 heteroatoms. The van der Waals surface area contributed by atoms with E-state index in [0.717, 1.165) is 5.56 Å². The third kappa shape index (κ3) is 3.05. The predicted octanol–water partition coefficient (Wildman–Crippen LogP) is 4.91. The van der Waals surface area contributed by atoms with E-state index in [2.05, 4.69) is 4.99 Å². The summed E-state index contributed by atoms with van der Waals surface area (Å²) in [6, 6.07) is 16.1. The van der Waals surface area contributed by atoms with Crippen LogP contribution in [0, 0.1) is 5.82 Å². The van der Waals surface area contributed by atoms with Gasteiger partial charge in [-0.1, -0.05) is 11.6 Å². The summed E-state index contributed by atoms with van der Waals surface area (Å²) >= 11 is 5.96. The summed E-state index contributed by atoms with van der Waals surface area (Å²) in [6.45, 7) is 0. The maximum absolute atomic E-state index is 13.3. The van der Waals surface area contributed by atoms with Crippen molar-refractivity contribution in [1.29, 1.82) is 0 Å². The van der Waals surface area contributed by atoms with Crippen LogP contribution in [0.25, 0.3) is 6.08 Å². The second-order valence-electron chi connectivity index (χ2n) is 5.60. The first-order chi connectivity index (χ1) is 12.6. The van der Waals surface area contributed by atoms with Gasteiger partial charge in [-0.25, -0.2) is 9.38 Å². The molecule has 0 radical (unpaired) electrons. The highest BCUT2D eigenvalue weighted by Crippen LogP contribution is 2.28. The minimum atomic E-state index is -0.378. The maximum Gasteiger partial charge on any atom is 0.282 e. The van der Waals surface area contributed by atoms with E-state index in [-0.39, 0.29) is 17.4 Å². The molecular weight excluding hydrogens is 355 g/mol. The average molecular weight is 367 g/mol. The van der Waals surface area contributed by atoms with E-state index in [1.165, 1.54) is 35.4 Å². The van der Waals surface area contributed by atoms with E-state index in [1.54, 1.807) is 42.5 Å². The third-order valence-corrected chi connectivity index (χ3v) is 4.12. The van der Waals surface area contributed by atoms with Crippen LogP contribution in [0.5, 0.6) is 0 Å². The zero-order valence-corrected chi connectivity index (χ0v) is 14.2. The Kier molecular flexibility index (Phi) is 4.14. The van der Waals surface area contributed by atoms with Crippen molar-refractivity contribution < 1.29 is 13.6 Å². The molecule has 1 amide bonds. The second kappa shape index (κ2) is 6.61. The van der Waals surface area contributed by atoms with E-state index < -0.39 is 0 Å². The van der Waals surface area contributed by atoms with Crippen LogP contribution in [0.3, 0.4) is 0 Å². The quantitative estimate of drug-likeness (QED) is 0.618. The first-order valence-corrected chi connectivity index (χ1v) is 8.19. The van der Waals surface area contributed by atoms with Gasteiger partial charge in [0.05, 0.1) is 12.0 Å². The number of hydrogen-bond donors (Lipinski definition) is 0. The number of carbonyl (C=O) groups is 1. The van der Waals surface area contributed by atoms with Gasteiger partial charge in [0.25, 0.3) is 5.91 Å². The zero-order chi connectivity index (χ0) is 18.1. The summed E-state index contributed by atoms with van der Waals surface area (Å²) in [6.07, 6.45) is 3.09. The molecule has 4 rings (SSSR count). The normalized spacial score (nSPS) is 15.6. The number of anilines is 1. The van der Waals surface area contributed by atoms with Crippen molar-refractivity contribution in [2.45, 2.75) is 0 Å². The van der Waals surface area contributed by atoms with Crippen LogP contribution >= 0.6 is 11.6 Å². The molecule has 0 N–H and O–H groups in total. The smallest absolute Gasteiger partial charge is 0.282 e. The van der Waals surface area contributed by atoms with Crippen LogP contribution in [0.2, 0.25) is 5.02 Å². The molecule has 4 nitrogen and oxygen atoms in total. The molecule has 1 aliphatic heterocycles. The highest BCUT2D eigenvalue weighted by Gasteiger charge is 2.32. The first-order valence-electron chi connectivity index (χ1n) is 7.82. The van der Waals surface area contributed by atoms with Crippen LogP contribution in [0.1, 0.15) is 11.3 Å². The number of furan rings is 1. The minimum Gasteiger partial charge on any atom is -0.465 e. The molecule has 128 valence electrons. The Hall–Kier alpha value is -3.18. The number of nitrogens with zero attached hydrogens (tertiary/aromatic N) is 2. The Labute approximate surface area is 153 Å². The summed E-state index contributed by atoms with van der Waals surface area (Å²) in [7, 11) is 0. The molecule has 0 atom stereocenters. The Bertz CT molecular complexity index is 1010. The summed E-state index contributed by atoms with van der Waals surface area (Å²) in [5.41, 5.74) is 1.47. The van der Waals surface area contributed by atoms with Crippen molar-refractivity contribution in [3.8, 4) is 0 Å². The summed E-state index contributed by atoms with van der Waals surface area (Å²) in [5, 5.41) is 0.582. The molecule has 2 heterocycles. The fourth-order valence-electron chi connectivity index (χ4n) is 2.65. The number of halogens is 2. The van der Waals surface area contributed by atoms with E-state index >= 15 is 0 Å². The van der Waals surface area contributed by atoms with Crippen molar-refractivity contribution >= 4 is 35.1 Å². The molecule has 0 unspecified atom stereocenters. The van der Waals surface area contributed by atoms with Crippen LogP contribution in [0.4, 0.5) is 10.1 Å². The standard InChI is InChI=1S/C20H12ClFN2O2/c21-14-5-3-13(4-6-14)19-23-18(12-17-2-1-11-26-17)20(25)24(19)16-9-7-15(22)8-10-16/h1-12H/b18-12+. The topological polar surface area (TPSA) is 45.8 Å². The number of carbonyl (C=O) groups excluding carboxylic acids is 1. The molecule has 1 aliphatic rings. The number of rotatable bonds is 3. The Morgan fingerprint density at radius 1 is 1.04 bits per heavy atom. The first kappa shape index (κ1) is 16.3. The molecule has 1 aromatic heterocycles. The number of hydrogen-bond acceptors (Lipinski definition) is 3. The van der Waals surface area contributed by atoms with Crippen molar-refractivity contribution in [2.24, 2.45) is 4.99 Å². The van der Waals surface area contributed by atoms with Gasteiger partial charge in [0.1, 0.15) is 23.1 Å². The van der Waals surface area contributed by atoms with Gasteiger partial charge in [0.15, 0.2) is 0 Å². The lowest BCUT2D eigenvalue weighted by Gasteiger charge is -2.18. The van der Waals surface area contributed by atoms with E-state index in [9.17, 15) is 9.18 Å². The number of amides is 1. The Morgan fingerprint density at radius 3 is 2.42 bits per heavy atom. The van der Waals surface area contributed by atoms with Crippen LogP contribution in [-0.4, -0.2) is 11.7 Å². The molecule has 0 bridgehead atoms. The van der Waals surface area contributed by atoms with Gasteiger partial charge in [-0.3, -0.25) is 9.69 Å². The lowest BCUT2D eigenvalue weighted by atomic mass is 10.1. The fourth-order valence-corrected chi connectivity index (χ4v) is 2.77. The third-order valence-electron chi connectivity index (χ3n) is 3.87. The average Bonchev–Trinajstić information content (AvgIpc) is 3.26. The van der Waals surface area contributed by atoms with Gasteiger partial charge >= 0.3 is 0 Å². The lowest BCUT2D eigenvalue weighted by Crippen LogP contribution is -2.32. The van der Waals surface area contributed by atoms with Crippen LogP contribution < -0.4 is 4.90 Å². The van der Waals surface area contributed by atoms with Gasteiger partial charge < -0.3 is 4.42 Å². The molecule has 3 aromatic rings. The molecule has 26 heavy (non-hydrogen) atoms. The predicted molar refractivity (Wildman–Crippen MR) is 98.6 cm³/mol. The highest BCUT2D eigenvalue weighted by atomic mass is 35.5. The van der Waals surface area contributed by atoms with E-state index in [1.807, 2.05) is 0 Å². The van der Waals surface area contributed by atoms with E-state index in [4.69, 9.17) is 16.0 Å². The van der Waals surface area contributed by atoms with Crippen LogP contribution in [0.15, 0.2) is 82.0 Å². The molecular formula is C20H12ClFN2O2. The van der Waals surface area contributed by atoms with Gasteiger partial charge in [-0.05, 0) is 60.7 Å². The van der Waals surface area contributed by atoms with E-state index in [0.29, 0.717) is 22.3 Å². The molecule has 0 saturated carbocycles. The Balaban J connectivity index is 1.82. The number of benzene rings is 2. The number of aliphatic imine (C=N–C) groups is 1. The van der Waals surface area contributed by atoms with Crippen molar-refractivity contribution in [1.82, 2.24) is 0 Å². The van der Waals surface area contributed by atoms with Gasteiger partial charge in [-0.2, -0.15) is 0 Å². The number of amidine groups is 1. The molecule has 0 fully saturated rings. The second-order valence-corrected chi connectivity index (χ2v) is 6.04. The van der Waals surface area contributed by atoms with Gasteiger partial charge in [-0.15, -0.1) is 0 Å². The molecule has 2 aromatic carbocycles. The largest absolute Gasteiger partial charge is 0.465 e. The van der Waals surface area contributed by atoms with Crippen molar-refractivity contribution in [2.75, 3.05) is 4.90 Å². The van der Waals surface area contributed by atoms with Crippen molar-refractivity contribution in [3.63, 3.8) is 0 Å². The SMILES string of the molecule is O=C1/C(=C\c2ccco2)N=C(c2ccc(Cl)cc2)N1c1ccc(F)cc1. The Morgan fingerprint density at radius 2 is 1.77 bits per heavy atom. The van der Waals surface area contributed by atoms with Gasteiger partial charge in [0.2, 0.25) is 0 Å². The van der Waals surface area contributed by atoms with Crippen LogP contribution in [-0.2, 0) is 4.79 Å². The summed E-state index contributed by atoms with van der Waals surface area (Å²) in [5.74, 6) is 0.263. The lowest BCUT2D eigenvalue weighted by molar-refractivity contribution is -0.113. The summed E-state index contributed by atoms with van der Waals surface area (Å²) < 4.78 is 18.6. The van der Waals surface area contributed by atoms with Crippen molar-refractivity contribution in [3.05, 3.63) is 94.8 Å². The fraction of sp³-hybridized carbons (Fsp3) is 0. The molecule has 0 aliphatic carbocycles.